The van der Waals surface area contributed by atoms with Crippen LogP contribution in [0, 0.1) is 5.92 Å². The van der Waals surface area contributed by atoms with Crippen molar-refractivity contribution in [3.05, 3.63) is 23.8 Å². The summed E-state index contributed by atoms with van der Waals surface area (Å²) >= 11 is 5.77. The summed E-state index contributed by atoms with van der Waals surface area (Å²) in [5.74, 6) is 0.0797. The maximum atomic E-state index is 11.3. The Morgan fingerprint density at radius 1 is 1.71 bits per heavy atom. The molecule has 1 unspecified atom stereocenters. The summed E-state index contributed by atoms with van der Waals surface area (Å²) in [7, 11) is 1.40. The molecule has 0 bridgehead atoms. The highest BCUT2D eigenvalue weighted by Gasteiger charge is 2.21. The molecule has 3 nitrogen and oxygen atoms in total. The Morgan fingerprint density at radius 3 is 2.94 bits per heavy atom. The van der Waals surface area contributed by atoms with Gasteiger partial charge in [0.25, 0.3) is 0 Å². The summed E-state index contributed by atoms with van der Waals surface area (Å²) in [4.78, 5) is 14.1. The molecular weight excluding hydrogens is 238 g/mol. The van der Waals surface area contributed by atoms with E-state index in [1.165, 1.54) is 7.11 Å². The lowest BCUT2D eigenvalue weighted by Gasteiger charge is -2.24. The molecule has 0 aromatic rings. The van der Waals surface area contributed by atoms with Crippen LogP contribution in [0.3, 0.4) is 0 Å². The first-order chi connectivity index (χ1) is 8.22. The van der Waals surface area contributed by atoms with E-state index in [0.717, 1.165) is 25.7 Å². The number of halogens is 1. The second kappa shape index (κ2) is 7.51. The molecule has 0 saturated heterocycles. The maximum Gasteiger partial charge on any atom is 0.337 e. The van der Waals surface area contributed by atoms with Crippen molar-refractivity contribution in [1.29, 1.82) is 0 Å². The summed E-state index contributed by atoms with van der Waals surface area (Å²) in [6.07, 6.45) is 9.99. The highest BCUT2D eigenvalue weighted by atomic mass is 35.5. The van der Waals surface area contributed by atoms with Gasteiger partial charge in [-0.2, -0.15) is 0 Å². The Balaban J connectivity index is 2.53. The van der Waals surface area contributed by atoms with Crippen LogP contribution >= 0.6 is 11.8 Å². The van der Waals surface area contributed by atoms with Gasteiger partial charge in [0.05, 0.1) is 12.7 Å². The molecule has 1 aliphatic carbocycles. The maximum absolute atomic E-state index is 11.3. The van der Waals surface area contributed by atoms with Crippen LogP contribution in [0.4, 0.5) is 0 Å². The second-order valence-corrected chi connectivity index (χ2v) is 4.49. The number of allylic oxidation sites excluding steroid dienone is 1. The number of carbonyl (C=O) groups is 1. The number of nitrogens with one attached hydrogen (secondary N) is 1. The van der Waals surface area contributed by atoms with E-state index in [9.17, 15) is 4.79 Å². The van der Waals surface area contributed by atoms with E-state index < -0.39 is 0 Å². The number of methoxy groups -OCH3 is 1. The van der Waals surface area contributed by atoms with E-state index in [2.05, 4.69) is 16.5 Å². The number of carbonyl (C=O) groups excluding carboxylic acids is 1. The van der Waals surface area contributed by atoms with Crippen molar-refractivity contribution in [2.75, 3.05) is 7.11 Å². The number of unbranched alkanes of at least 4 members (excludes halogenated alkanes) is 1. The molecule has 17 heavy (non-hydrogen) atoms. The molecule has 1 aliphatic rings. The topological polar surface area (TPSA) is 38.3 Å². The van der Waals surface area contributed by atoms with Crippen LogP contribution in [0.5, 0.6) is 0 Å². The Morgan fingerprint density at radius 2 is 2.47 bits per heavy atom. The smallest absolute Gasteiger partial charge is 0.337 e. The van der Waals surface area contributed by atoms with Gasteiger partial charge in [-0.3, -0.25) is 0 Å². The van der Waals surface area contributed by atoms with Crippen molar-refractivity contribution in [3.63, 3.8) is 0 Å². The Labute approximate surface area is 108 Å². The van der Waals surface area contributed by atoms with Gasteiger partial charge in [-0.1, -0.05) is 38.0 Å². The predicted molar refractivity (Wildman–Crippen MR) is 69.6 cm³/mol. The highest BCUT2D eigenvalue weighted by Crippen LogP contribution is 2.23. The first-order valence-corrected chi connectivity index (χ1v) is 6.43. The lowest BCUT2D eigenvalue weighted by Crippen LogP contribution is -2.30. The minimum absolute atomic E-state index is 0.267. The third kappa shape index (κ3) is 4.17. The highest BCUT2D eigenvalue weighted by molar-refractivity contribution is 6.13. The zero-order valence-corrected chi connectivity index (χ0v) is 11.2. The molecule has 1 N–H and O–H groups in total. The van der Waals surface area contributed by atoms with Crippen LogP contribution in [-0.2, 0) is 9.53 Å². The van der Waals surface area contributed by atoms with Gasteiger partial charge < -0.3 is 4.74 Å². The molecule has 0 fully saturated rings. The molecule has 4 heteroatoms. The summed E-state index contributed by atoms with van der Waals surface area (Å²) in [5, 5.41) is 0. The third-order valence-corrected chi connectivity index (χ3v) is 3.36. The molecule has 0 aliphatic heterocycles. The molecule has 0 aromatic heterocycles. The Kier molecular flexibility index (Phi) is 6.30. The van der Waals surface area contributed by atoms with Crippen LogP contribution in [0.15, 0.2) is 23.8 Å². The molecule has 96 valence electrons. The van der Waals surface area contributed by atoms with E-state index in [0.29, 0.717) is 11.5 Å². The summed E-state index contributed by atoms with van der Waals surface area (Å²) in [6, 6.07) is 0.267. The van der Waals surface area contributed by atoms with Crippen molar-refractivity contribution in [2.24, 2.45) is 5.92 Å². The largest absolute Gasteiger partial charge is 0.465 e. The van der Waals surface area contributed by atoms with Gasteiger partial charge in [0.2, 0.25) is 0 Å². The van der Waals surface area contributed by atoms with Crippen LogP contribution in [-0.4, -0.2) is 19.1 Å². The molecular formula is C13H20ClNO2. The van der Waals surface area contributed by atoms with Gasteiger partial charge in [-0.25, -0.2) is 9.63 Å². The first-order valence-electron chi connectivity index (χ1n) is 6.05. The normalized spacial score (nSPS) is 20.9. The molecule has 0 amide bonds. The molecule has 2 atom stereocenters. The zero-order chi connectivity index (χ0) is 12.7. The number of rotatable bonds is 6. The molecule has 0 aromatic carbocycles. The number of esters is 1. The van der Waals surface area contributed by atoms with Gasteiger partial charge in [0.1, 0.15) is 0 Å². The molecule has 1 rings (SSSR count). The Bertz CT molecular complexity index is 313. The van der Waals surface area contributed by atoms with Crippen molar-refractivity contribution >= 4 is 17.7 Å². The second-order valence-electron chi connectivity index (χ2n) is 4.27. The van der Waals surface area contributed by atoms with Crippen molar-refractivity contribution < 1.29 is 9.53 Å². The van der Waals surface area contributed by atoms with E-state index in [4.69, 9.17) is 11.8 Å². The van der Waals surface area contributed by atoms with Crippen LogP contribution in [0.1, 0.15) is 32.6 Å². The number of ether oxygens (including phenoxy) is 1. The molecule has 0 saturated carbocycles. The number of hydrogen-bond donors (Lipinski definition) is 1. The van der Waals surface area contributed by atoms with Crippen LogP contribution in [0.2, 0.25) is 0 Å². The number of hydrogen-bond acceptors (Lipinski definition) is 3. The average molecular weight is 258 g/mol. The van der Waals surface area contributed by atoms with E-state index in [1.54, 1.807) is 0 Å². The van der Waals surface area contributed by atoms with Crippen LogP contribution < -0.4 is 4.84 Å². The fourth-order valence-electron chi connectivity index (χ4n) is 1.98. The van der Waals surface area contributed by atoms with Gasteiger partial charge in [0, 0.05) is 6.04 Å². The monoisotopic (exact) mass is 257 g/mol. The lowest BCUT2D eigenvalue weighted by atomic mass is 9.88. The SMILES string of the molecule is CCCC[C@@H](NCl)C1C=CC(C(=O)OC)=CC1. The standard InChI is InChI=1S/C13H20ClNO2/c1-3-4-5-12(15-14)10-6-8-11(9-7-10)13(16)17-2/h6,8-10,12,15H,3-5,7H2,1-2H3/t10?,12-/m1/s1. The lowest BCUT2D eigenvalue weighted by molar-refractivity contribution is -0.135. The summed E-state index contributed by atoms with van der Waals surface area (Å²) < 4.78 is 4.68. The molecule has 0 heterocycles. The zero-order valence-electron chi connectivity index (χ0n) is 10.4. The van der Waals surface area contributed by atoms with Crippen molar-refractivity contribution in [3.8, 4) is 0 Å². The first kappa shape index (κ1) is 14.3. The third-order valence-electron chi connectivity index (χ3n) is 3.08. The quantitative estimate of drug-likeness (QED) is 0.587. The summed E-state index contributed by atoms with van der Waals surface area (Å²) in [6.45, 7) is 2.16. The predicted octanol–water partition coefficient (Wildman–Crippen LogP) is 2.96. The average Bonchev–Trinajstić information content (AvgIpc) is 2.39. The van der Waals surface area contributed by atoms with Crippen LogP contribution in [0.25, 0.3) is 0 Å². The minimum atomic E-state index is -0.274. The summed E-state index contributed by atoms with van der Waals surface area (Å²) in [5.41, 5.74) is 0.632. The van der Waals surface area contributed by atoms with Crippen molar-refractivity contribution in [2.45, 2.75) is 38.6 Å². The van der Waals surface area contributed by atoms with Gasteiger partial charge in [-0.05, 0) is 30.5 Å². The van der Waals surface area contributed by atoms with Gasteiger partial charge in [0.15, 0.2) is 0 Å². The van der Waals surface area contributed by atoms with E-state index >= 15 is 0 Å². The van der Waals surface area contributed by atoms with E-state index in [1.807, 2.05) is 18.2 Å². The van der Waals surface area contributed by atoms with E-state index in [-0.39, 0.29) is 12.0 Å². The molecule has 0 spiro atoms. The van der Waals surface area contributed by atoms with Gasteiger partial charge in [-0.15, -0.1) is 0 Å². The minimum Gasteiger partial charge on any atom is -0.465 e. The van der Waals surface area contributed by atoms with Gasteiger partial charge >= 0.3 is 5.97 Å². The fraction of sp³-hybridized carbons (Fsp3) is 0.615. The van der Waals surface area contributed by atoms with Crippen molar-refractivity contribution in [1.82, 2.24) is 4.84 Å². The molecule has 0 radical (unpaired) electrons. The fourth-order valence-corrected chi connectivity index (χ4v) is 2.25. The Hall–Kier alpha value is -0.800.